The Morgan fingerprint density at radius 2 is 1.90 bits per heavy atom. The number of aryl methyl sites for hydroxylation is 1. The zero-order valence-corrected chi connectivity index (χ0v) is 14.3. The van der Waals surface area contributed by atoms with E-state index in [0.717, 1.165) is 25.6 Å². The standard InChI is InChI=1S/C17H30N4/c1-14(2)20(5)12-11-19-17(18-4)21(6)13-16-10-8-7-9-15(16)3/h7-10,14H,11-13H2,1-6H3,(H,18,19). The highest BCUT2D eigenvalue weighted by atomic mass is 15.3. The van der Waals surface area contributed by atoms with Gasteiger partial charge < -0.3 is 15.1 Å². The van der Waals surface area contributed by atoms with E-state index in [4.69, 9.17) is 0 Å². The number of hydrogen-bond acceptors (Lipinski definition) is 2. The maximum atomic E-state index is 4.37. The van der Waals surface area contributed by atoms with E-state index in [1.807, 2.05) is 7.05 Å². The molecule has 1 aromatic carbocycles. The van der Waals surface area contributed by atoms with Crippen molar-refractivity contribution in [2.45, 2.75) is 33.4 Å². The smallest absolute Gasteiger partial charge is 0.193 e. The average molecular weight is 290 g/mol. The lowest BCUT2D eigenvalue weighted by molar-refractivity contribution is 0.277. The van der Waals surface area contributed by atoms with E-state index < -0.39 is 0 Å². The lowest BCUT2D eigenvalue weighted by Crippen LogP contribution is -2.42. The van der Waals surface area contributed by atoms with Gasteiger partial charge in [-0.3, -0.25) is 4.99 Å². The molecular formula is C17H30N4. The SMILES string of the molecule is CN=C(NCCN(C)C(C)C)N(C)Cc1ccccc1C. The monoisotopic (exact) mass is 290 g/mol. The van der Waals surface area contributed by atoms with Gasteiger partial charge in [-0.05, 0) is 38.9 Å². The maximum absolute atomic E-state index is 4.37. The predicted molar refractivity (Wildman–Crippen MR) is 91.8 cm³/mol. The fourth-order valence-corrected chi connectivity index (χ4v) is 2.10. The number of aliphatic imine (C=N–C) groups is 1. The summed E-state index contributed by atoms with van der Waals surface area (Å²) in [5.41, 5.74) is 2.65. The highest BCUT2D eigenvalue weighted by molar-refractivity contribution is 5.79. The van der Waals surface area contributed by atoms with Crippen LogP contribution in [-0.4, -0.2) is 56.0 Å². The van der Waals surface area contributed by atoms with Crippen molar-refractivity contribution in [3.8, 4) is 0 Å². The third-order valence-corrected chi connectivity index (χ3v) is 3.87. The van der Waals surface area contributed by atoms with Crippen LogP contribution in [0.5, 0.6) is 0 Å². The molecule has 0 aromatic heterocycles. The van der Waals surface area contributed by atoms with Crippen LogP contribution in [0.2, 0.25) is 0 Å². The molecule has 1 aromatic rings. The van der Waals surface area contributed by atoms with Crippen LogP contribution >= 0.6 is 0 Å². The van der Waals surface area contributed by atoms with Gasteiger partial charge in [0.15, 0.2) is 5.96 Å². The predicted octanol–water partition coefficient (Wildman–Crippen LogP) is 2.34. The van der Waals surface area contributed by atoms with E-state index in [1.54, 1.807) is 0 Å². The Hall–Kier alpha value is -1.55. The number of hydrogen-bond donors (Lipinski definition) is 1. The molecule has 0 aliphatic heterocycles. The first-order valence-corrected chi connectivity index (χ1v) is 7.62. The van der Waals surface area contributed by atoms with E-state index in [-0.39, 0.29) is 0 Å². The van der Waals surface area contributed by atoms with Crippen molar-refractivity contribution >= 4 is 5.96 Å². The number of benzene rings is 1. The minimum absolute atomic E-state index is 0.568. The molecule has 21 heavy (non-hydrogen) atoms. The number of likely N-dealkylation sites (N-methyl/N-ethyl adjacent to an activating group) is 1. The molecule has 0 aliphatic rings. The van der Waals surface area contributed by atoms with Crippen LogP contribution in [0.1, 0.15) is 25.0 Å². The third kappa shape index (κ3) is 5.76. The van der Waals surface area contributed by atoms with Crippen molar-refractivity contribution in [2.75, 3.05) is 34.2 Å². The summed E-state index contributed by atoms with van der Waals surface area (Å²) in [5.74, 6) is 0.940. The van der Waals surface area contributed by atoms with Gasteiger partial charge in [0.2, 0.25) is 0 Å². The highest BCUT2D eigenvalue weighted by Crippen LogP contribution is 2.09. The average Bonchev–Trinajstić information content (AvgIpc) is 2.45. The zero-order chi connectivity index (χ0) is 15.8. The molecule has 118 valence electrons. The Balaban J connectivity index is 2.51. The normalized spacial score (nSPS) is 12.1. The van der Waals surface area contributed by atoms with Gasteiger partial charge in [0.1, 0.15) is 0 Å². The summed E-state index contributed by atoms with van der Waals surface area (Å²) < 4.78 is 0. The molecule has 0 unspecified atom stereocenters. The first-order chi connectivity index (χ1) is 9.95. The second-order valence-electron chi connectivity index (χ2n) is 5.83. The molecule has 1 rings (SSSR count). The van der Waals surface area contributed by atoms with Crippen molar-refractivity contribution in [3.63, 3.8) is 0 Å². The van der Waals surface area contributed by atoms with Gasteiger partial charge in [-0.1, -0.05) is 24.3 Å². The number of guanidine groups is 1. The summed E-state index contributed by atoms with van der Waals surface area (Å²) >= 11 is 0. The molecule has 4 nitrogen and oxygen atoms in total. The number of nitrogens with zero attached hydrogens (tertiary/aromatic N) is 3. The molecule has 0 radical (unpaired) electrons. The summed E-state index contributed by atoms with van der Waals surface area (Å²) in [4.78, 5) is 8.85. The summed E-state index contributed by atoms with van der Waals surface area (Å²) in [6.07, 6.45) is 0. The van der Waals surface area contributed by atoms with E-state index in [2.05, 4.69) is 79.2 Å². The Labute approximate surface area is 129 Å². The second-order valence-corrected chi connectivity index (χ2v) is 5.83. The third-order valence-electron chi connectivity index (χ3n) is 3.87. The Kier molecular flexibility index (Phi) is 7.23. The summed E-state index contributed by atoms with van der Waals surface area (Å²) in [6.45, 7) is 9.34. The van der Waals surface area contributed by atoms with Crippen molar-refractivity contribution in [3.05, 3.63) is 35.4 Å². The first kappa shape index (κ1) is 17.5. The fraction of sp³-hybridized carbons (Fsp3) is 0.588. The fourth-order valence-electron chi connectivity index (χ4n) is 2.10. The molecule has 0 amide bonds. The minimum Gasteiger partial charge on any atom is -0.355 e. The minimum atomic E-state index is 0.568. The van der Waals surface area contributed by atoms with Gasteiger partial charge in [0, 0.05) is 39.8 Å². The van der Waals surface area contributed by atoms with Crippen molar-refractivity contribution in [2.24, 2.45) is 4.99 Å². The van der Waals surface area contributed by atoms with Crippen LogP contribution in [0, 0.1) is 6.92 Å². The topological polar surface area (TPSA) is 30.9 Å². The van der Waals surface area contributed by atoms with Crippen molar-refractivity contribution in [1.82, 2.24) is 15.1 Å². The van der Waals surface area contributed by atoms with E-state index in [9.17, 15) is 0 Å². The molecule has 0 atom stereocenters. The molecule has 4 heteroatoms. The molecule has 0 aliphatic carbocycles. The van der Waals surface area contributed by atoms with Gasteiger partial charge in [-0.25, -0.2) is 0 Å². The lowest BCUT2D eigenvalue weighted by Gasteiger charge is -2.25. The summed E-state index contributed by atoms with van der Waals surface area (Å²) in [5, 5.41) is 3.43. The maximum Gasteiger partial charge on any atom is 0.193 e. The first-order valence-electron chi connectivity index (χ1n) is 7.62. The molecule has 0 saturated carbocycles. The summed E-state index contributed by atoms with van der Waals surface area (Å²) in [7, 11) is 6.06. The highest BCUT2D eigenvalue weighted by Gasteiger charge is 2.08. The molecular weight excluding hydrogens is 260 g/mol. The molecule has 0 saturated heterocycles. The van der Waals surface area contributed by atoms with Crippen LogP contribution in [-0.2, 0) is 6.54 Å². The van der Waals surface area contributed by atoms with E-state index >= 15 is 0 Å². The van der Waals surface area contributed by atoms with Crippen LogP contribution in [0.25, 0.3) is 0 Å². The van der Waals surface area contributed by atoms with E-state index in [1.165, 1.54) is 11.1 Å². The van der Waals surface area contributed by atoms with Crippen LogP contribution in [0.3, 0.4) is 0 Å². The second kappa shape index (κ2) is 8.67. The van der Waals surface area contributed by atoms with Crippen molar-refractivity contribution in [1.29, 1.82) is 0 Å². The molecule has 0 spiro atoms. The van der Waals surface area contributed by atoms with Gasteiger partial charge >= 0.3 is 0 Å². The van der Waals surface area contributed by atoms with Crippen LogP contribution in [0.4, 0.5) is 0 Å². The number of nitrogens with one attached hydrogen (secondary N) is 1. The van der Waals surface area contributed by atoms with Crippen LogP contribution < -0.4 is 5.32 Å². The van der Waals surface area contributed by atoms with Crippen LogP contribution in [0.15, 0.2) is 29.3 Å². The largest absolute Gasteiger partial charge is 0.355 e. The zero-order valence-electron chi connectivity index (χ0n) is 14.3. The van der Waals surface area contributed by atoms with E-state index in [0.29, 0.717) is 6.04 Å². The molecule has 1 N–H and O–H groups in total. The number of rotatable bonds is 6. The van der Waals surface area contributed by atoms with Gasteiger partial charge in [-0.2, -0.15) is 0 Å². The lowest BCUT2D eigenvalue weighted by atomic mass is 10.1. The van der Waals surface area contributed by atoms with Crippen molar-refractivity contribution < 1.29 is 0 Å². The van der Waals surface area contributed by atoms with Gasteiger partial charge in [0.25, 0.3) is 0 Å². The summed E-state index contributed by atoms with van der Waals surface area (Å²) in [6, 6.07) is 9.05. The van der Waals surface area contributed by atoms with Gasteiger partial charge in [-0.15, -0.1) is 0 Å². The molecule has 0 fully saturated rings. The van der Waals surface area contributed by atoms with Gasteiger partial charge in [0.05, 0.1) is 0 Å². The quantitative estimate of drug-likeness (QED) is 0.644. The Morgan fingerprint density at radius 1 is 1.24 bits per heavy atom. The molecule has 0 bridgehead atoms. The Bertz CT molecular complexity index is 454. The Morgan fingerprint density at radius 3 is 2.48 bits per heavy atom. The molecule has 0 heterocycles.